The second-order valence-electron chi connectivity index (χ2n) is 8.52. The quantitative estimate of drug-likeness (QED) is 0.561. The van der Waals surface area contributed by atoms with Gasteiger partial charge in [0.2, 0.25) is 0 Å². The SMILES string of the molecule is CN=C(NCc1ccc(COC2CCOCC2)cc1)N1CCN(CC(C)C)CC1. The molecule has 6 nitrogen and oxygen atoms in total. The Hall–Kier alpha value is -1.63. The van der Waals surface area contributed by atoms with Gasteiger partial charge in [-0.05, 0) is 29.9 Å². The monoisotopic (exact) mass is 402 g/mol. The number of hydrogen-bond donors (Lipinski definition) is 1. The van der Waals surface area contributed by atoms with E-state index in [0.29, 0.717) is 12.7 Å². The van der Waals surface area contributed by atoms with Gasteiger partial charge in [-0.3, -0.25) is 9.89 Å². The third kappa shape index (κ3) is 7.28. The molecule has 0 spiro atoms. The first-order valence-corrected chi connectivity index (χ1v) is 11.1. The van der Waals surface area contributed by atoms with Crippen molar-refractivity contribution < 1.29 is 9.47 Å². The Morgan fingerprint density at radius 1 is 1.10 bits per heavy atom. The van der Waals surface area contributed by atoms with Crippen LogP contribution in [0.15, 0.2) is 29.3 Å². The number of nitrogens with zero attached hydrogens (tertiary/aromatic N) is 3. The Kier molecular flexibility index (Phi) is 8.77. The number of nitrogens with one attached hydrogen (secondary N) is 1. The molecule has 0 bridgehead atoms. The van der Waals surface area contributed by atoms with E-state index in [1.165, 1.54) is 17.7 Å². The fraction of sp³-hybridized carbons (Fsp3) is 0.696. The lowest BCUT2D eigenvalue weighted by molar-refractivity contribution is -0.0390. The average Bonchev–Trinajstić information content (AvgIpc) is 2.75. The van der Waals surface area contributed by atoms with Crippen molar-refractivity contribution in [3.8, 4) is 0 Å². The summed E-state index contributed by atoms with van der Waals surface area (Å²) in [5.41, 5.74) is 2.49. The van der Waals surface area contributed by atoms with E-state index in [2.05, 4.69) is 58.2 Å². The lowest BCUT2D eigenvalue weighted by Gasteiger charge is -2.37. The van der Waals surface area contributed by atoms with Crippen LogP contribution < -0.4 is 5.32 Å². The number of hydrogen-bond acceptors (Lipinski definition) is 4. The normalized spacial score (nSPS) is 19.7. The molecular formula is C23H38N4O2. The summed E-state index contributed by atoms with van der Waals surface area (Å²) in [7, 11) is 1.87. The Bertz CT molecular complexity index is 618. The highest BCUT2D eigenvalue weighted by atomic mass is 16.5. The van der Waals surface area contributed by atoms with Crippen LogP contribution in [0.1, 0.15) is 37.8 Å². The number of benzene rings is 1. The molecule has 6 heteroatoms. The van der Waals surface area contributed by atoms with E-state index in [-0.39, 0.29) is 0 Å². The van der Waals surface area contributed by atoms with Crippen LogP contribution in [0.5, 0.6) is 0 Å². The van der Waals surface area contributed by atoms with Crippen molar-refractivity contribution in [2.75, 3.05) is 53.0 Å². The van der Waals surface area contributed by atoms with Crippen molar-refractivity contribution in [3.05, 3.63) is 35.4 Å². The summed E-state index contributed by atoms with van der Waals surface area (Å²) < 4.78 is 11.4. The molecule has 162 valence electrons. The van der Waals surface area contributed by atoms with Crippen LogP contribution in [-0.2, 0) is 22.6 Å². The van der Waals surface area contributed by atoms with Gasteiger partial charge in [0.25, 0.3) is 0 Å². The molecule has 2 aliphatic heterocycles. The summed E-state index contributed by atoms with van der Waals surface area (Å²) in [4.78, 5) is 9.41. The lowest BCUT2D eigenvalue weighted by Crippen LogP contribution is -2.52. The third-order valence-electron chi connectivity index (χ3n) is 5.63. The molecule has 2 fully saturated rings. The molecule has 0 radical (unpaired) electrons. The summed E-state index contributed by atoms with van der Waals surface area (Å²) >= 11 is 0. The topological polar surface area (TPSA) is 49.3 Å². The van der Waals surface area contributed by atoms with E-state index in [0.717, 1.165) is 70.7 Å². The van der Waals surface area contributed by atoms with E-state index in [4.69, 9.17) is 9.47 Å². The van der Waals surface area contributed by atoms with E-state index >= 15 is 0 Å². The fourth-order valence-electron chi connectivity index (χ4n) is 3.98. The summed E-state index contributed by atoms with van der Waals surface area (Å²) in [6.45, 7) is 13.2. The highest BCUT2D eigenvalue weighted by Gasteiger charge is 2.20. The molecule has 2 saturated heterocycles. The van der Waals surface area contributed by atoms with Crippen molar-refractivity contribution >= 4 is 5.96 Å². The molecule has 1 N–H and O–H groups in total. The molecule has 3 rings (SSSR count). The van der Waals surface area contributed by atoms with Gasteiger partial charge >= 0.3 is 0 Å². The number of ether oxygens (including phenoxy) is 2. The maximum absolute atomic E-state index is 6.01. The molecule has 0 aliphatic carbocycles. The molecule has 0 saturated carbocycles. The molecule has 0 unspecified atom stereocenters. The Morgan fingerprint density at radius 2 is 1.76 bits per heavy atom. The zero-order valence-electron chi connectivity index (χ0n) is 18.4. The van der Waals surface area contributed by atoms with Gasteiger partial charge in [-0.2, -0.15) is 0 Å². The summed E-state index contributed by atoms with van der Waals surface area (Å²) in [5.74, 6) is 1.73. The lowest BCUT2D eigenvalue weighted by atomic mass is 10.1. The molecule has 2 heterocycles. The van der Waals surface area contributed by atoms with Crippen molar-refractivity contribution in [2.45, 2.75) is 45.9 Å². The molecule has 29 heavy (non-hydrogen) atoms. The van der Waals surface area contributed by atoms with Crippen LogP contribution in [0.3, 0.4) is 0 Å². The molecule has 0 atom stereocenters. The molecule has 2 aliphatic rings. The van der Waals surface area contributed by atoms with Gasteiger partial charge < -0.3 is 19.7 Å². The van der Waals surface area contributed by atoms with E-state index in [1.54, 1.807) is 0 Å². The first-order chi connectivity index (χ1) is 14.1. The van der Waals surface area contributed by atoms with Crippen LogP contribution in [0.25, 0.3) is 0 Å². The number of rotatable bonds is 7. The minimum atomic E-state index is 0.342. The first-order valence-electron chi connectivity index (χ1n) is 11.1. The largest absolute Gasteiger partial charge is 0.381 e. The van der Waals surface area contributed by atoms with Crippen LogP contribution in [0, 0.1) is 5.92 Å². The molecule has 1 aromatic carbocycles. The smallest absolute Gasteiger partial charge is 0.194 e. The summed E-state index contributed by atoms with van der Waals surface area (Å²) in [5, 5.41) is 3.53. The second-order valence-corrected chi connectivity index (χ2v) is 8.52. The van der Waals surface area contributed by atoms with Crippen molar-refractivity contribution in [3.63, 3.8) is 0 Å². The van der Waals surface area contributed by atoms with Gasteiger partial charge in [0.1, 0.15) is 0 Å². The third-order valence-corrected chi connectivity index (χ3v) is 5.63. The van der Waals surface area contributed by atoms with Gasteiger partial charge in [-0.15, -0.1) is 0 Å². The Morgan fingerprint density at radius 3 is 2.38 bits per heavy atom. The summed E-state index contributed by atoms with van der Waals surface area (Å²) in [6, 6.07) is 8.71. The van der Waals surface area contributed by atoms with E-state index in [1.807, 2.05) is 7.05 Å². The first kappa shape index (κ1) is 22.1. The van der Waals surface area contributed by atoms with Crippen LogP contribution >= 0.6 is 0 Å². The van der Waals surface area contributed by atoms with Crippen LogP contribution in [0.4, 0.5) is 0 Å². The van der Waals surface area contributed by atoms with E-state index < -0.39 is 0 Å². The minimum absolute atomic E-state index is 0.342. The maximum atomic E-state index is 6.01. The Labute approximate surface area is 176 Å². The van der Waals surface area contributed by atoms with Crippen molar-refractivity contribution in [2.24, 2.45) is 10.9 Å². The second kappa shape index (κ2) is 11.5. The Balaban J connectivity index is 1.40. The van der Waals surface area contributed by atoms with Gasteiger partial charge in [0.05, 0.1) is 12.7 Å². The summed E-state index contributed by atoms with van der Waals surface area (Å²) in [6.07, 6.45) is 2.36. The minimum Gasteiger partial charge on any atom is -0.381 e. The van der Waals surface area contributed by atoms with E-state index in [9.17, 15) is 0 Å². The molecular weight excluding hydrogens is 364 g/mol. The van der Waals surface area contributed by atoms with Crippen molar-refractivity contribution in [1.29, 1.82) is 0 Å². The number of piperazine rings is 1. The highest BCUT2D eigenvalue weighted by Crippen LogP contribution is 2.14. The number of aliphatic imine (C=N–C) groups is 1. The van der Waals surface area contributed by atoms with Gasteiger partial charge in [0, 0.05) is 59.5 Å². The fourth-order valence-corrected chi connectivity index (χ4v) is 3.98. The van der Waals surface area contributed by atoms with Crippen molar-refractivity contribution in [1.82, 2.24) is 15.1 Å². The number of guanidine groups is 1. The standard InChI is InChI=1S/C23H38N4O2/c1-19(2)17-26-10-12-27(13-11-26)23(24-3)25-16-20-4-6-21(7-5-20)18-29-22-8-14-28-15-9-22/h4-7,19,22H,8-18H2,1-3H3,(H,24,25). The molecule has 1 aromatic rings. The van der Waals surface area contributed by atoms with Crippen LogP contribution in [0.2, 0.25) is 0 Å². The van der Waals surface area contributed by atoms with Crippen LogP contribution in [-0.4, -0.2) is 74.8 Å². The predicted molar refractivity (Wildman–Crippen MR) is 118 cm³/mol. The zero-order valence-corrected chi connectivity index (χ0v) is 18.4. The van der Waals surface area contributed by atoms with Gasteiger partial charge in [-0.1, -0.05) is 38.1 Å². The zero-order chi connectivity index (χ0) is 20.5. The van der Waals surface area contributed by atoms with Gasteiger partial charge in [-0.25, -0.2) is 0 Å². The molecule has 0 amide bonds. The average molecular weight is 403 g/mol. The predicted octanol–water partition coefficient (Wildman–Crippen LogP) is 2.73. The van der Waals surface area contributed by atoms with Gasteiger partial charge in [0.15, 0.2) is 5.96 Å². The molecule has 0 aromatic heterocycles. The maximum Gasteiger partial charge on any atom is 0.194 e. The highest BCUT2D eigenvalue weighted by molar-refractivity contribution is 5.80.